The van der Waals surface area contributed by atoms with Gasteiger partial charge in [0, 0.05) is 12.2 Å². The summed E-state index contributed by atoms with van der Waals surface area (Å²) in [4.78, 5) is 10.9. The third-order valence-corrected chi connectivity index (χ3v) is 4.69. The normalized spacial score (nSPS) is 13.4. The first kappa shape index (κ1) is 15.7. The topological polar surface area (TPSA) is 67.1 Å². The second-order valence-corrected chi connectivity index (χ2v) is 6.36. The van der Waals surface area contributed by atoms with Gasteiger partial charge >= 0.3 is 0 Å². The molecule has 0 aliphatic carbocycles. The van der Waals surface area contributed by atoms with Crippen molar-refractivity contribution in [2.45, 2.75) is 12.8 Å². The molecule has 2 heterocycles. The maximum absolute atomic E-state index is 6.40. The minimum atomic E-state index is 0.513. The molecule has 0 atom stereocenters. The Labute approximate surface area is 151 Å². The Bertz CT molecular complexity index is 912. The van der Waals surface area contributed by atoms with Crippen LogP contribution in [0.4, 0.5) is 28.7 Å². The Kier molecular flexibility index (Phi) is 4.15. The van der Waals surface area contributed by atoms with Crippen molar-refractivity contribution in [3.8, 4) is 0 Å². The summed E-state index contributed by atoms with van der Waals surface area (Å²) in [6.45, 7) is 0.879. The van der Waals surface area contributed by atoms with Crippen LogP contribution in [0.1, 0.15) is 12.0 Å². The number of aryl methyl sites for hydroxylation is 1. The Hall–Kier alpha value is -2.79. The van der Waals surface area contributed by atoms with Crippen LogP contribution in [0.5, 0.6) is 0 Å². The summed E-state index contributed by atoms with van der Waals surface area (Å²) < 4.78 is 0. The van der Waals surface area contributed by atoms with Gasteiger partial charge in [-0.15, -0.1) is 0 Å². The summed E-state index contributed by atoms with van der Waals surface area (Å²) in [6, 6.07) is 15.9. The van der Waals surface area contributed by atoms with Gasteiger partial charge in [0.05, 0.1) is 10.7 Å². The predicted octanol–water partition coefficient (Wildman–Crippen LogP) is 4.54. The van der Waals surface area contributed by atoms with Crippen molar-refractivity contribution in [1.82, 2.24) is 9.97 Å². The smallest absolute Gasteiger partial charge is 0.161 e. The number of hydrogen-bond donors (Lipinski definition) is 2. The molecule has 1 aromatic heterocycles. The summed E-state index contributed by atoms with van der Waals surface area (Å²) >= 11 is 6.22. The average molecular weight is 352 g/mol. The molecule has 3 N–H and O–H groups in total. The maximum atomic E-state index is 6.40. The number of aromatic nitrogens is 2. The second kappa shape index (κ2) is 6.61. The van der Waals surface area contributed by atoms with Crippen LogP contribution >= 0.6 is 11.6 Å². The Balaban J connectivity index is 1.72. The van der Waals surface area contributed by atoms with E-state index in [0.29, 0.717) is 16.5 Å². The highest BCUT2D eigenvalue weighted by atomic mass is 35.5. The molecular formula is C19H18ClN5. The Morgan fingerprint density at radius 1 is 1.04 bits per heavy atom. The number of nitrogen functional groups attached to an aromatic ring is 1. The highest BCUT2D eigenvalue weighted by Gasteiger charge is 2.22. The molecule has 2 aromatic carbocycles. The van der Waals surface area contributed by atoms with Gasteiger partial charge in [-0.2, -0.15) is 0 Å². The molecule has 6 heteroatoms. The summed E-state index contributed by atoms with van der Waals surface area (Å²) in [6.07, 6.45) is 3.66. The lowest BCUT2D eigenvalue weighted by Crippen LogP contribution is -2.26. The molecule has 0 spiro atoms. The van der Waals surface area contributed by atoms with E-state index in [9.17, 15) is 0 Å². The van der Waals surface area contributed by atoms with E-state index in [4.69, 9.17) is 17.3 Å². The van der Waals surface area contributed by atoms with Gasteiger partial charge in [-0.3, -0.25) is 0 Å². The molecular weight excluding hydrogens is 334 g/mol. The predicted molar refractivity (Wildman–Crippen MR) is 103 cm³/mol. The molecule has 0 bridgehead atoms. The van der Waals surface area contributed by atoms with Crippen molar-refractivity contribution in [2.75, 3.05) is 22.5 Å². The maximum Gasteiger partial charge on any atom is 0.161 e. The van der Waals surface area contributed by atoms with Gasteiger partial charge in [0.2, 0.25) is 0 Å². The fourth-order valence-electron chi connectivity index (χ4n) is 3.14. The molecule has 0 unspecified atom stereocenters. The molecule has 0 saturated carbocycles. The lowest BCUT2D eigenvalue weighted by atomic mass is 10.0. The number of halogens is 1. The van der Waals surface area contributed by atoms with E-state index in [1.54, 1.807) is 0 Å². The van der Waals surface area contributed by atoms with Gasteiger partial charge in [0.25, 0.3) is 0 Å². The first-order valence-electron chi connectivity index (χ1n) is 8.21. The third-order valence-electron chi connectivity index (χ3n) is 4.36. The van der Waals surface area contributed by atoms with E-state index in [1.165, 1.54) is 11.9 Å². The minimum Gasteiger partial charge on any atom is -0.393 e. The molecule has 1 aliphatic heterocycles. The fraction of sp³-hybridized carbons (Fsp3) is 0.158. The minimum absolute atomic E-state index is 0.513. The number of para-hydroxylation sites is 2. The summed E-state index contributed by atoms with van der Waals surface area (Å²) in [5, 5.41) is 3.83. The molecule has 25 heavy (non-hydrogen) atoms. The van der Waals surface area contributed by atoms with Gasteiger partial charge < -0.3 is 16.0 Å². The highest BCUT2D eigenvalue weighted by Crippen LogP contribution is 2.37. The van der Waals surface area contributed by atoms with Gasteiger partial charge in [-0.25, -0.2) is 9.97 Å². The van der Waals surface area contributed by atoms with Crippen molar-refractivity contribution in [3.05, 3.63) is 65.4 Å². The van der Waals surface area contributed by atoms with Gasteiger partial charge in [0.1, 0.15) is 12.0 Å². The first-order valence-corrected chi connectivity index (χ1v) is 8.59. The van der Waals surface area contributed by atoms with Crippen molar-refractivity contribution in [2.24, 2.45) is 0 Å². The SMILES string of the molecule is Nc1c(Nc2ccccc2Cl)ncnc1N1CCCc2ccccc21. The van der Waals surface area contributed by atoms with E-state index < -0.39 is 0 Å². The van der Waals surface area contributed by atoms with Crippen LogP contribution in [0.15, 0.2) is 54.9 Å². The van der Waals surface area contributed by atoms with Crippen molar-refractivity contribution in [1.29, 1.82) is 0 Å². The molecule has 0 saturated heterocycles. The lowest BCUT2D eigenvalue weighted by Gasteiger charge is -2.31. The van der Waals surface area contributed by atoms with E-state index in [-0.39, 0.29) is 0 Å². The molecule has 4 rings (SSSR count). The molecule has 1 aliphatic rings. The zero-order chi connectivity index (χ0) is 17.2. The van der Waals surface area contributed by atoms with Crippen molar-refractivity contribution in [3.63, 3.8) is 0 Å². The molecule has 5 nitrogen and oxygen atoms in total. The van der Waals surface area contributed by atoms with Crippen LogP contribution in [0.2, 0.25) is 5.02 Å². The van der Waals surface area contributed by atoms with Gasteiger partial charge in [-0.05, 0) is 36.6 Å². The molecule has 0 radical (unpaired) electrons. The lowest BCUT2D eigenvalue weighted by molar-refractivity contribution is 0.759. The Morgan fingerprint density at radius 3 is 2.72 bits per heavy atom. The van der Waals surface area contributed by atoms with Crippen LogP contribution in [0.25, 0.3) is 0 Å². The fourth-order valence-corrected chi connectivity index (χ4v) is 3.33. The van der Waals surface area contributed by atoms with E-state index >= 15 is 0 Å². The number of nitrogens with one attached hydrogen (secondary N) is 1. The van der Waals surface area contributed by atoms with Crippen LogP contribution in [0, 0.1) is 0 Å². The molecule has 0 amide bonds. The van der Waals surface area contributed by atoms with Crippen molar-refractivity contribution >= 4 is 40.3 Å². The zero-order valence-corrected chi connectivity index (χ0v) is 14.4. The number of rotatable bonds is 3. The average Bonchev–Trinajstić information content (AvgIpc) is 2.65. The largest absolute Gasteiger partial charge is 0.393 e. The van der Waals surface area contributed by atoms with Gasteiger partial charge in [0.15, 0.2) is 11.6 Å². The van der Waals surface area contributed by atoms with E-state index in [1.807, 2.05) is 30.3 Å². The van der Waals surface area contributed by atoms with Crippen LogP contribution in [-0.2, 0) is 6.42 Å². The van der Waals surface area contributed by atoms with E-state index in [0.717, 1.165) is 36.6 Å². The molecule has 0 fully saturated rings. The van der Waals surface area contributed by atoms with Crippen LogP contribution in [0.3, 0.4) is 0 Å². The van der Waals surface area contributed by atoms with E-state index in [2.05, 4.69) is 38.4 Å². The number of fused-ring (bicyclic) bond motifs is 1. The summed E-state index contributed by atoms with van der Waals surface area (Å²) in [5.74, 6) is 1.28. The standard InChI is InChI=1S/C19H18ClN5/c20-14-8-2-3-9-15(14)24-18-17(21)19(23-12-22-18)25-11-5-7-13-6-1-4-10-16(13)25/h1-4,6,8-10,12H,5,7,11,21H2,(H,22,23,24). The monoisotopic (exact) mass is 351 g/mol. The van der Waals surface area contributed by atoms with Crippen LogP contribution in [-0.4, -0.2) is 16.5 Å². The molecule has 126 valence electrons. The van der Waals surface area contributed by atoms with Crippen LogP contribution < -0.4 is 16.0 Å². The summed E-state index contributed by atoms with van der Waals surface area (Å²) in [7, 11) is 0. The number of nitrogens with zero attached hydrogens (tertiary/aromatic N) is 3. The quantitative estimate of drug-likeness (QED) is 0.725. The summed E-state index contributed by atoms with van der Waals surface area (Å²) in [5.41, 5.74) is 10.1. The zero-order valence-electron chi connectivity index (χ0n) is 13.6. The number of hydrogen-bond acceptors (Lipinski definition) is 5. The second-order valence-electron chi connectivity index (χ2n) is 5.95. The Morgan fingerprint density at radius 2 is 1.84 bits per heavy atom. The third kappa shape index (κ3) is 2.98. The van der Waals surface area contributed by atoms with Crippen molar-refractivity contribution < 1.29 is 0 Å². The first-order chi connectivity index (χ1) is 12.2. The highest BCUT2D eigenvalue weighted by molar-refractivity contribution is 6.33. The number of nitrogens with two attached hydrogens (primary N) is 1. The number of benzene rings is 2. The molecule has 3 aromatic rings. The van der Waals surface area contributed by atoms with Gasteiger partial charge in [-0.1, -0.05) is 41.9 Å². The number of anilines is 5.